The van der Waals surface area contributed by atoms with Gasteiger partial charge < -0.3 is 14.8 Å². The molecular formula is C19H26N4O. The van der Waals surface area contributed by atoms with Crippen molar-refractivity contribution in [2.75, 3.05) is 31.1 Å². The van der Waals surface area contributed by atoms with Crippen LogP contribution in [0.2, 0.25) is 0 Å². The lowest BCUT2D eigenvalue weighted by Gasteiger charge is -2.37. The molecule has 0 aliphatic carbocycles. The van der Waals surface area contributed by atoms with E-state index in [2.05, 4.69) is 46.9 Å². The molecule has 128 valence electrons. The summed E-state index contributed by atoms with van der Waals surface area (Å²) in [6.45, 7) is 11.4. The van der Waals surface area contributed by atoms with E-state index in [0.717, 1.165) is 37.7 Å². The maximum Gasteiger partial charge on any atom is 0.233 e. The van der Waals surface area contributed by atoms with Crippen LogP contribution in [0.25, 0.3) is 0 Å². The predicted molar refractivity (Wildman–Crippen MR) is 96.4 cm³/mol. The third kappa shape index (κ3) is 3.30. The number of hydrogen-bond donors (Lipinski definition) is 1. The van der Waals surface area contributed by atoms with Crippen molar-refractivity contribution in [3.8, 4) is 0 Å². The highest BCUT2D eigenvalue weighted by Crippen LogP contribution is 2.23. The van der Waals surface area contributed by atoms with Crippen molar-refractivity contribution in [2.24, 2.45) is 0 Å². The first-order valence-electron chi connectivity index (χ1n) is 8.58. The van der Waals surface area contributed by atoms with E-state index in [0.29, 0.717) is 0 Å². The van der Waals surface area contributed by atoms with Crippen molar-refractivity contribution < 1.29 is 4.79 Å². The Morgan fingerprint density at radius 1 is 1.17 bits per heavy atom. The SMILES string of the molecule is Cc1ccc(N2CCN(C(=O)C(C)c3ncc(C)[nH]3)CC2)c(C)c1. The second kappa shape index (κ2) is 6.67. The van der Waals surface area contributed by atoms with Gasteiger partial charge in [-0.1, -0.05) is 17.7 Å². The van der Waals surface area contributed by atoms with Gasteiger partial charge >= 0.3 is 0 Å². The van der Waals surface area contributed by atoms with Gasteiger partial charge in [0.05, 0.1) is 5.92 Å². The lowest BCUT2D eigenvalue weighted by Crippen LogP contribution is -2.50. The smallest absolute Gasteiger partial charge is 0.233 e. The van der Waals surface area contributed by atoms with Crippen LogP contribution < -0.4 is 4.90 Å². The fourth-order valence-electron chi connectivity index (χ4n) is 3.37. The van der Waals surface area contributed by atoms with Crippen LogP contribution in [-0.4, -0.2) is 47.0 Å². The molecule has 2 aromatic rings. The fraction of sp³-hybridized carbons (Fsp3) is 0.474. The van der Waals surface area contributed by atoms with E-state index in [-0.39, 0.29) is 11.8 Å². The number of rotatable bonds is 3. The van der Waals surface area contributed by atoms with Crippen molar-refractivity contribution in [3.05, 3.63) is 47.0 Å². The maximum atomic E-state index is 12.7. The second-order valence-corrected chi connectivity index (χ2v) is 6.78. The zero-order valence-electron chi connectivity index (χ0n) is 15.0. The van der Waals surface area contributed by atoms with Crippen LogP contribution >= 0.6 is 0 Å². The van der Waals surface area contributed by atoms with Gasteiger partial charge in [0.25, 0.3) is 0 Å². The lowest BCUT2D eigenvalue weighted by molar-refractivity contribution is -0.132. The molecule has 1 atom stereocenters. The molecule has 5 nitrogen and oxygen atoms in total. The summed E-state index contributed by atoms with van der Waals surface area (Å²) in [5, 5.41) is 0. The molecule has 1 amide bonds. The average molecular weight is 326 g/mol. The van der Waals surface area contributed by atoms with Gasteiger partial charge in [-0.15, -0.1) is 0 Å². The van der Waals surface area contributed by atoms with Crippen LogP contribution in [0.5, 0.6) is 0 Å². The highest BCUT2D eigenvalue weighted by atomic mass is 16.2. The van der Waals surface area contributed by atoms with Crippen LogP contribution in [-0.2, 0) is 4.79 Å². The molecule has 1 aromatic heterocycles. The number of carbonyl (C=O) groups excluding carboxylic acids is 1. The Kier molecular flexibility index (Phi) is 4.60. The van der Waals surface area contributed by atoms with Gasteiger partial charge in [0, 0.05) is 43.8 Å². The summed E-state index contributed by atoms with van der Waals surface area (Å²) in [6.07, 6.45) is 1.78. The first kappa shape index (κ1) is 16.6. The maximum absolute atomic E-state index is 12.7. The van der Waals surface area contributed by atoms with E-state index < -0.39 is 0 Å². The van der Waals surface area contributed by atoms with E-state index in [1.807, 2.05) is 18.7 Å². The topological polar surface area (TPSA) is 52.2 Å². The van der Waals surface area contributed by atoms with Gasteiger partial charge in [-0.3, -0.25) is 4.79 Å². The molecule has 0 saturated carbocycles. The highest BCUT2D eigenvalue weighted by molar-refractivity contribution is 5.82. The number of H-pyrrole nitrogens is 1. The zero-order chi connectivity index (χ0) is 17.3. The minimum atomic E-state index is -0.216. The summed E-state index contributed by atoms with van der Waals surface area (Å²) >= 11 is 0. The molecule has 3 rings (SSSR count). The Hall–Kier alpha value is -2.30. The lowest BCUT2D eigenvalue weighted by atomic mass is 10.1. The van der Waals surface area contributed by atoms with Crippen LogP contribution in [0, 0.1) is 20.8 Å². The Morgan fingerprint density at radius 2 is 1.88 bits per heavy atom. The molecule has 1 aromatic carbocycles. The number of piperazine rings is 1. The van der Waals surface area contributed by atoms with E-state index in [1.54, 1.807) is 6.20 Å². The number of aryl methyl sites for hydroxylation is 3. The molecule has 2 heterocycles. The number of hydrogen-bond acceptors (Lipinski definition) is 3. The predicted octanol–water partition coefficient (Wildman–Crippen LogP) is 2.79. The first-order chi connectivity index (χ1) is 11.5. The normalized spacial score (nSPS) is 16.3. The number of anilines is 1. The van der Waals surface area contributed by atoms with Gasteiger partial charge in [0.2, 0.25) is 5.91 Å². The Bertz CT molecular complexity index is 729. The first-order valence-corrected chi connectivity index (χ1v) is 8.58. The van der Waals surface area contributed by atoms with Crippen molar-refractivity contribution >= 4 is 11.6 Å². The van der Waals surface area contributed by atoms with Crippen molar-refractivity contribution in [1.29, 1.82) is 0 Å². The van der Waals surface area contributed by atoms with Crippen LogP contribution in [0.3, 0.4) is 0 Å². The van der Waals surface area contributed by atoms with Crippen LogP contribution in [0.15, 0.2) is 24.4 Å². The zero-order valence-corrected chi connectivity index (χ0v) is 15.0. The van der Waals surface area contributed by atoms with Gasteiger partial charge in [-0.2, -0.15) is 0 Å². The van der Waals surface area contributed by atoms with Gasteiger partial charge in [-0.05, 0) is 39.3 Å². The molecule has 0 spiro atoms. The van der Waals surface area contributed by atoms with E-state index in [1.165, 1.54) is 16.8 Å². The molecule has 24 heavy (non-hydrogen) atoms. The third-order valence-corrected chi connectivity index (χ3v) is 4.79. The second-order valence-electron chi connectivity index (χ2n) is 6.78. The van der Waals surface area contributed by atoms with E-state index >= 15 is 0 Å². The molecule has 0 bridgehead atoms. The molecule has 0 radical (unpaired) electrons. The van der Waals surface area contributed by atoms with Crippen molar-refractivity contribution in [2.45, 2.75) is 33.6 Å². The number of nitrogens with zero attached hydrogens (tertiary/aromatic N) is 3. The number of amides is 1. The summed E-state index contributed by atoms with van der Waals surface area (Å²) in [7, 11) is 0. The molecule has 1 unspecified atom stereocenters. The third-order valence-electron chi connectivity index (χ3n) is 4.79. The molecule has 1 aliphatic heterocycles. The van der Waals surface area contributed by atoms with Gasteiger partial charge in [-0.25, -0.2) is 4.98 Å². The molecule has 1 aliphatic rings. The molecule has 1 N–H and O–H groups in total. The molecular weight excluding hydrogens is 300 g/mol. The highest BCUT2D eigenvalue weighted by Gasteiger charge is 2.27. The fourth-order valence-corrected chi connectivity index (χ4v) is 3.37. The van der Waals surface area contributed by atoms with E-state index in [9.17, 15) is 4.79 Å². The van der Waals surface area contributed by atoms with Gasteiger partial charge in [0.1, 0.15) is 5.82 Å². The number of nitrogens with one attached hydrogen (secondary N) is 1. The number of aromatic amines is 1. The Morgan fingerprint density at radius 3 is 2.46 bits per heavy atom. The monoisotopic (exact) mass is 326 g/mol. The quantitative estimate of drug-likeness (QED) is 0.943. The Balaban J connectivity index is 1.63. The minimum Gasteiger partial charge on any atom is -0.368 e. The molecule has 1 saturated heterocycles. The minimum absolute atomic E-state index is 0.157. The number of benzene rings is 1. The average Bonchev–Trinajstić information content (AvgIpc) is 3.00. The van der Waals surface area contributed by atoms with Crippen LogP contribution in [0.4, 0.5) is 5.69 Å². The van der Waals surface area contributed by atoms with Gasteiger partial charge in [0.15, 0.2) is 0 Å². The molecule has 1 fully saturated rings. The summed E-state index contributed by atoms with van der Waals surface area (Å²) in [5.41, 5.74) is 4.86. The number of aromatic nitrogens is 2. The Labute approximate surface area is 143 Å². The summed E-state index contributed by atoms with van der Waals surface area (Å²) in [5.74, 6) is 0.699. The van der Waals surface area contributed by atoms with Crippen molar-refractivity contribution in [3.63, 3.8) is 0 Å². The number of imidazole rings is 1. The number of carbonyl (C=O) groups is 1. The van der Waals surface area contributed by atoms with E-state index in [4.69, 9.17) is 0 Å². The standard InChI is InChI=1S/C19H26N4O/c1-13-5-6-17(14(2)11-13)22-7-9-23(10-8-22)19(24)16(4)18-20-12-15(3)21-18/h5-6,11-12,16H,7-10H2,1-4H3,(H,20,21). The summed E-state index contributed by atoms with van der Waals surface area (Å²) < 4.78 is 0. The molecule has 5 heteroatoms. The summed E-state index contributed by atoms with van der Waals surface area (Å²) in [6, 6.07) is 6.56. The van der Waals surface area contributed by atoms with Crippen LogP contribution in [0.1, 0.15) is 35.5 Å². The largest absolute Gasteiger partial charge is 0.368 e. The van der Waals surface area contributed by atoms with Crippen molar-refractivity contribution in [1.82, 2.24) is 14.9 Å². The summed E-state index contributed by atoms with van der Waals surface area (Å²) in [4.78, 5) is 24.5.